The number of amides is 1. The van der Waals surface area contributed by atoms with Crippen LogP contribution in [0.2, 0.25) is 0 Å². The first-order valence-electron chi connectivity index (χ1n) is 5.77. The molecule has 0 spiro atoms. The molecule has 0 aromatic heterocycles. The highest BCUT2D eigenvalue weighted by molar-refractivity contribution is 9.10. The van der Waals surface area contributed by atoms with Gasteiger partial charge >= 0.3 is 6.61 Å². The maximum atomic E-state index is 13.8. The fraction of sp³-hybridized carbons (Fsp3) is 0.0714. The maximum Gasteiger partial charge on any atom is 0.387 e. The second-order valence-electron chi connectivity index (χ2n) is 3.96. The normalized spacial score (nSPS) is 10.5. The zero-order valence-corrected chi connectivity index (χ0v) is 12.0. The summed E-state index contributed by atoms with van der Waals surface area (Å²) in [4.78, 5) is 11.9. The molecule has 0 radical (unpaired) electrons. The van der Waals surface area contributed by atoms with Gasteiger partial charge in [-0.05, 0) is 52.3 Å². The van der Waals surface area contributed by atoms with E-state index in [1.165, 1.54) is 42.5 Å². The van der Waals surface area contributed by atoms with E-state index in [-0.39, 0.29) is 15.8 Å². The van der Waals surface area contributed by atoms with Crippen LogP contribution in [0.3, 0.4) is 0 Å². The Morgan fingerprint density at radius 3 is 2.43 bits per heavy atom. The third-order valence-electron chi connectivity index (χ3n) is 2.53. The average Bonchev–Trinajstić information content (AvgIpc) is 2.43. The van der Waals surface area contributed by atoms with E-state index >= 15 is 0 Å². The number of alkyl halides is 2. The number of nitrogens with one attached hydrogen (secondary N) is 1. The molecule has 1 amide bonds. The number of halogens is 4. The van der Waals surface area contributed by atoms with Gasteiger partial charge in [-0.15, -0.1) is 0 Å². The Morgan fingerprint density at radius 2 is 1.81 bits per heavy atom. The van der Waals surface area contributed by atoms with Gasteiger partial charge in [-0.3, -0.25) is 4.79 Å². The van der Waals surface area contributed by atoms with Crippen LogP contribution in [0, 0.1) is 5.82 Å². The summed E-state index contributed by atoms with van der Waals surface area (Å²) in [5.41, 5.74) is 0.207. The average molecular weight is 360 g/mol. The van der Waals surface area contributed by atoms with Crippen LogP contribution in [0.25, 0.3) is 0 Å². The van der Waals surface area contributed by atoms with E-state index in [0.717, 1.165) is 0 Å². The van der Waals surface area contributed by atoms with Crippen LogP contribution in [0.15, 0.2) is 46.9 Å². The van der Waals surface area contributed by atoms with Crippen LogP contribution in [-0.2, 0) is 0 Å². The first-order chi connectivity index (χ1) is 9.97. The molecule has 2 rings (SSSR count). The van der Waals surface area contributed by atoms with Crippen molar-refractivity contribution in [1.29, 1.82) is 0 Å². The molecule has 0 saturated carbocycles. The molecule has 2 aromatic carbocycles. The van der Waals surface area contributed by atoms with E-state index in [2.05, 4.69) is 26.0 Å². The second-order valence-corrected chi connectivity index (χ2v) is 4.81. The predicted molar refractivity (Wildman–Crippen MR) is 75.1 cm³/mol. The Morgan fingerprint density at radius 1 is 1.14 bits per heavy atom. The maximum absolute atomic E-state index is 13.8. The van der Waals surface area contributed by atoms with Crippen molar-refractivity contribution in [2.24, 2.45) is 0 Å². The number of carbonyl (C=O) groups is 1. The van der Waals surface area contributed by atoms with E-state index in [4.69, 9.17) is 0 Å². The molecule has 0 bridgehead atoms. The van der Waals surface area contributed by atoms with E-state index < -0.39 is 18.3 Å². The SMILES string of the molecule is O=C(Nc1ccc(OC(F)F)cc1)c1cccc(Br)c1F. The summed E-state index contributed by atoms with van der Waals surface area (Å²) in [7, 11) is 0. The van der Waals surface area contributed by atoms with Gasteiger partial charge in [0, 0.05) is 5.69 Å². The standard InChI is InChI=1S/C14H9BrF3NO2/c15-11-3-1-2-10(12(11)16)13(20)19-8-4-6-9(7-5-8)21-14(17)18/h1-7,14H,(H,19,20). The molecule has 0 unspecified atom stereocenters. The second kappa shape index (κ2) is 6.62. The van der Waals surface area contributed by atoms with Crippen molar-refractivity contribution in [2.45, 2.75) is 6.61 Å². The Bertz CT molecular complexity index is 647. The monoisotopic (exact) mass is 359 g/mol. The van der Waals surface area contributed by atoms with Gasteiger partial charge in [0.15, 0.2) is 0 Å². The highest BCUT2D eigenvalue weighted by atomic mass is 79.9. The lowest BCUT2D eigenvalue weighted by Gasteiger charge is -2.08. The van der Waals surface area contributed by atoms with Gasteiger partial charge in [0.25, 0.3) is 5.91 Å². The van der Waals surface area contributed by atoms with E-state index in [0.29, 0.717) is 5.69 Å². The Balaban J connectivity index is 2.11. The van der Waals surface area contributed by atoms with Crippen LogP contribution < -0.4 is 10.1 Å². The molecule has 2 aromatic rings. The molecule has 0 heterocycles. The number of hydrogen-bond acceptors (Lipinski definition) is 2. The quantitative estimate of drug-likeness (QED) is 0.876. The first-order valence-corrected chi connectivity index (χ1v) is 6.57. The summed E-state index contributed by atoms with van der Waals surface area (Å²) in [5.74, 6) is -1.35. The number of carbonyl (C=O) groups excluding carboxylic acids is 1. The van der Waals surface area contributed by atoms with Crippen molar-refractivity contribution < 1.29 is 22.7 Å². The van der Waals surface area contributed by atoms with Crippen molar-refractivity contribution in [3.8, 4) is 5.75 Å². The molecule has 7 heteroatoms. The third-order valence-corrected chi connectivity index (χ3v) is 3.15. The molecule has 0 aliphatic heterocycles. The van der Waals surface area contributed by atoms with E-state index in [9.17, 15) is 18.0 Å². The van der Waals surface area contributed by atoms with Gasteiger partial charge in [-0.1, -0.05) is 6.07 Å². The minimum Gasteiger partial charge on any atom is -0.435 e. The lowest BCUT2D eigenvalue weighted by Crippen LogP contribution is -2.14. The van der Waals surface area contributed by atoms with Crippen LogP contribution in [-0.4, -0.2) is 12.5 Å². The fourth-order valence-corrected chi connectivity index (χ4v) is 1.96. The van der Waals surface area contributed by atoms with Gasteiger partial charge in [-0.25, -0.2) is 4.39 Å². The molecule has 0 aliphatic rings. The Hall–Kier alpha value is -2.02. The van der Waals surface area contributed by atoms with Crippen molar-refractivity contribution >= 4 is 27.5 Å². The molecule has 0 fully saturated rings. The highest BCUT2D eigenvalue weighted by Gasteiger charge is 2.14. The molecule has 0 saturated heterocycles. The minimum absolute atomic E-state index is 0.0309. The lowest BCUT2D eigenvalue weighted by atomic mass is 10.2. The lowest BCUT2D eigenvalue weighted by molar-refractivity contribution is -0.0498. The number of ether oxygens (including phenoxy) is 1. The van der Waals surface area contributed by atoms with Crippen molar-refractivity contribution in [2.75, 3.05) is 5.32 Å². The summed E-state index contributed by atoms with van der Waals surface area (Å²) in [6, 6.07) is 9.66. The number of rotatable bonds is 4. The Labute approximate surface area is 126 Å². The molecule has 21 heavy (non-hydrogen) atoms. The van der Waals surface area contributed by atoms with Crippen molar-refractivity contribution in [3.63, 3.8) is 0 Å². The van der Waals surface area contributed by atoms with Gasteiger partial charge in [0.1, 0.15) is 11.6 Å². The number of hydrogen-bond donors (Lipinski definition) is 1. The fourth-order valence-electron chi connectivity index (χ4n) is 1.60. The number of anilines is 1. The number of benzene rings is 2. The molecular formula is C14H9BrF3NO2. The van der Waals surface area contributed by atoms with Gasteiger partial charge < -0.3 is 10.1 Å². The van der Waals surface area contributed by atoms with Gasteiger partial charge in [0.2, 0.25) is 0 Å². The third kappa shape index (κ3) is 3.98. The van der Waals surface area contributed by atoms with Crippen LogP contribution in [0.1, 0.15) is 10.4 Å². The van der Waals surface area contributed by atoms with E-state index in [1.54, 1.807) is 0 Å². The van der Waals surface area contributed by atoms with Crippen molar-refractivity contribution in [3.05, 3.63) is 58.3 Å². The molecular weight excluding hydrogens is 351 g/mol. The first kappa shape index (κ1) is 15.4. The van der Waals surface area contributed by atoms with Crippen molar-refractivity contribution in [1.82, 2.24) is 0 Å². The van der Waals surface area contributed by atoms with Gasteiger partial charge in [-0.2, -0.15) is 8.78 Å². The Kier molecular flexibility index (Phi) is 4.85. The predicted octanol–water partition coefficient (Wildman–Crippen LogP) is 4.44. The molecule has 1 N–H and O–H groups in total. The largest absolute Gasteiger partial charge is 0.435 e. The smallest absolute Gasteiger partial charge is 0.387 e. The van der Waals surface area contributed by atoms with E-state index in [1.807, 2.05) is 0 Å². The van der Waals surface area contributed by atoms with Gasteiger partial charge in [0.05, 0.1) is 10.0 Å². The summed E-state index contributed by atoms with van der Waals surface area (Å²) in [6.45, 7) is -2.92. The highest BCUT2D eigenvalue weighted by Crippen LogP contribution is 2.21. The molecule has 110 valence electrons. The topological polar surface area (TPSA) is 38.3 Å². The van der Waals surface area contributed by atoms with Crippen LogP contribution in [0.5, 0.6) is 5.75 Å². The van der Waals surface area contributed by atoms with Crippen LogP contribution in [0.4, 0.5) is 18.9 Å². The van der Waals surface area contributed by atoms with Crippen LogP contribution >= 0.6 is 15.9 Å². The summed E-state index contributed by atoms with van der Waals surface area (Å²) in [5, 5.41) is 2.46. The molecule has 3 nitrogen and oxygen atoms in total. The summed E-state index contributed by atoms with van der Waals surface area (Å²) in [6.07, 6.45) is 0. The molecule has 0 atom stereocenters. The summed E-state index contributed by atoms with van der Waals surface area (Å²) >= 11 is 2.99. The minimum atomic E-state index is -2.92. The molecule has 0 aliphatic carbocycles. The summed E-state index contributed by atoms with van der Waals surface area (Å²) < 4.78 is 42.1. The zero-order chi connectivity index (χ0) is 15.4. The zero-order valence-electron chi connectivity index (χ0n) is 10.4.